The second kappa shape index (κ2) is 8.03. The molecule has 1 fully saturated rings. The van der Waals surface area contributed by atoms with E-state index in [9.17, 15) is 9.90 Å². The van der Waals surface area contributed by atoms with Gasteiger partial charge in [0.15, 0.2) is 0 Å². The van der Waals surface area contributed by atoms with Gasteiger partial charge < -0.3 is 20.2 Å². The van der Waals surface area contributed by atoms with Gasteiger partial charge in [-0.05, 0) is 57.8 Å². The summed E-state index contributed by atoms with van der Waals surface area (Å²) in [5.74, 6) is 1.84. The molecule has 1 aromatic rings. The molecule has 1 aliphatic heterocycles. The lowest BCUT2D eigenvalue weighted by Crippen LogP contribution is -2.48. The van der Waals surface area contributed by atoms with Gasteiger partial charge in [-0.25, -0.2) is 4.79 Å². The monoisotopic (exact) mass is 337 g/mol. The highest BCUT2D eigenvalue weighted by atomic mass is 16.3. The highest BCUT2D eigenvalue weighted by Crippen LogP contribution is 2.26. The van der Waals surface area contributed by atoms with Crippen LogP contribution in [0.2, 0.25) is 0 Å². The van der Waals surface area contributed by atoms with Crippen LogP contribution in [0.5, 0.6) is 0 Å². The Balaban J connectivity index is 1.89. The van der Waals surface area contributed by atoms with Gasteiger partial charge >= 0.3 is 6.03 Å². The van der Waals surface area contributed by atoms with Crippen molar-refractivity contribution in [3.8, 4) is 0 Å². The minimum atomic E-state index is -0.913. The van der Waals surface area contributed by atoms with Crippen LogP contribution in [0.1, 0.15) is 51.2 Å². The Bertz CT molecular complexity index is 533. The normalized spacial score (nSPS) is 19.2. The molecule has 6 heteroatoms. The molecule has 2 heterocycles. The van der Waals surface area contributed by atoms with Crippen LogP contribution in [0.3, 0.4) is 0 Å². The summed E-state index contributed by atoms with van der Waals surface area (Å²) < 4.78 is 5.78. The second-order valence-electron chi connectivity index (χ2n) is 7.28. The number of hydrogen-bond acceptors (Lipinski definition) is 4. The Morgan fingerprint density at radius 2 is 2.00 bits per heavy atom. The molecule has 1 aromatic heterocycles. The molecule has 0 aliphatic carbocycles. The van der Waals surface area contributed by atoms with Gasteiger partial charge in [0.05, 0.1) is 11.6 Å². The maximum atomic E-state index is 12.1. The highest BCUT2D eigenvalue weighted by Gasteiger charge is 2.28. The van der Waals surface area contributed by atoms with Gasteiger partial charge in [-0.2, -0.15) is 0 Å². The molecule has 2 atom stereocenters. The van der Waals surface area contributed by atoms with Gasteiger partial charge in [0.1, 0.15) is 11.5 Å². The molecular weight excluding hydrogens is 306 g/mol. The zero-order chi connectivity index (χ0) is 17.7. The van der Waals surface area contributed by atoms with Gasteiger partial charge in [0, 0.05) is 13.1 Å². The van der Waals surface area contributed by atoms with Crippen LogP contribution >= 0.6 is 0 Å². The van der Waals surface area contributed by atoms with Crippen molar-refractivity contribution < 1.29 is 14.3 Å². The van der Waals surface area contributed by atoms with E-state index in [4.69, 9.17) is 4.42 Å². The summed E-state index contributed by atoms with van der Waals surface area (Å²) >= 11 is 0. The number of nitrogens with zero attached hydrogens (tertiary/aromatic N) is 1. The maximum Gasteiger partial charge on any atom is 0.314 e. The number of furan rings is 1. The summed E-state index contributed by atoms with van der Waals surface area (Å²) in [4.78, 5) is 14.4. The Labute approximate surface area is 144 Å². The second-order valence-corrected chi connectivity index (χ2v) is 7.28. The van der Waals surface area contributed by atoms with E-state index < -0.39 is 5.60 Å². The Kier molecular flexibility index (Phi) is 6.29. The van der Waals surface area contributed by atoms with Crippen molar-refractivity contribution in [2.75, 3.05) is 26.2 Å². The van der Waals surface area contributed by atoms with Gasteiger partial charge in [0.2, 0.25) is 0 Å². The van der Waals surface area contributed by atoms with E-state index in [2.05, 4.69) is 15.5 Å². The zero-order valence-corrected chi connectivity index (χ0v) is 15.3. The van der Waals surface area contributed by atoms with Gasteiger partial charge in [-0.15, -0.1) is 0 Å². The van der Waals surface area contributed by atoms with Crippen LogP contribution in [0.25, 0.3) is 0 Å². The first-order valence-electron chi connectivity index (χ1n) is 8.84. The quantitative estimate of drug-likeness (QED) is 0.714. The molecule has 0 radical (unpaired) electrons. The van der Waals surface area contributed by atoms with Crippen LogP contribution < -0.4 is 10.6 Å². The van der Waals surface area contributed by atoms with Crippen molar-refractivity contribution in [1.29, 1.82) is 0 Å². The predicted octanol–water partition coefficient (Wildman–Crippen LogP) is 2.43. The Morgan fingerprint density at radius 3 is 2.54 bits per heavy atom. The minimum absolute atomic E-state index is 0.0533. The molecule has 2 rings (SSSR count). The number of aryl methyl sites for hydroxylation is 1. The van der Waals surface area contributed by atoms with Crippen LogP contribution in [-0.2, 0) is 0 Å². The van der Waals surface area contributed by atoms with E-state index in [1.165, 1.54) is 12.8 Å². The number of nitrogens with one attached hydrogen (secondary N) is 2. The highest BCUT2D eigenvalue weighted by molar-refractivity contribution is 5.73. The van der Waals surface area contributed by atoms with E-state index in [-0.39, 0.29) is 24.5 Å². The lowest BCUT2D eigenvalue weighted by Gasteiger charge is -2.29. The molecule has 0 saturated carbocycles. The third kappa shape index (κ3) is 4.98. The standard InChI is InChI=1S/C18H31N3O3/c1-13(2)18(4,23)12-20-17(22)19-11-15(21-9-5-6-10-21)16-8-7-14(3)24-16/h7-8,13,15,23H,5-6,9-12H2,1-4H3,(H2,19,20,22). The first-order chi connectivity index (χ1) is 11.3. The lowest BCUT2D eigenvalue weighted by molar-refractivity contribution is 0.0165. The fourth-order valence-electron chi connectivity index (χ4n) is 2.81. The van der Waals surface area contributed by atoms with Crippen molar-refractivity contribution in [1.82, 2.24) is 15.5 Å². The van der Waals surface area contributed by atoms with Gasteiger partial charge in [-0.1, -0.05) is 13.8 Å². The van der Waals surface area contributed by atoms with Crippen molar-refractivity contribution in [2.24, 2.45) is 5.92 Å². The number of aliphatic hydroxyl groups is 1. The van der Waals surface area contributed by atoms with Crippen LogP contribution in [0.15, 0.2) is 16.5 Å². The van der Waals surface area contributed by atoms with E-state index in [1.807, 2.05) is 32.9 Å². The number of rotatable bonds is 7. The molecule has 136 valence electrons. The fourth-order valence-corrected chi connectivity index (χ4v) is 2.81. The average Bonchev–Trinajstić information content (AvgIpc) is 3.18. The van der Waals surface area contributed by atoms with Crippen LogP contribution in [0, 0.1) is 12.8 Å². The zero-order valence-electron chi connectivity index (χ0n) is 15.3. The smallest absolute Gasteiger partial charge is 0.314 e. The van der Waals surface area contributed by atoms with E-state index >= 15 is 0 Å². The van der Waals surface area contributed by atoms with Crippen LogP contribution in [0.4, 0.5) is 4.79 Å². The number of carbonyl (C=O) groups excluding carboxylic acids is 1. The third-order valence-electron chi connectivity index (χ3n) is 4.98. The maximum absolute atomic E-state index is 12.1. The number of likely N-dealkylation sites (tertiary alicyclic amines) is 1. The summed E-state index contributed by atoms with van der Waals surface area (Å²) in [5, 5.41) is 15.9. The first-order valence-corrected chi connectivity index (χ1v) is 8.84. The number of amides is 2. The Hall–Kier alpha value is -1.53. The molecule has 2 unspecified atom stereocenters. The summed E-state index contributed by atoms with van der Waals surface area (Å²) in [5.41, 5.74) is -0.913. The van der Waals surface area contributed by atoms with Crippen molar-refractivity contribution >= 4 is 6.03 Å². The lowest BCUT2D eigenvalue weighted by atomic mass is 9.93. The molecule has 1 aliphatic rings. The molecule has 0 bridgehead atoms. The largest absolute Gasteiger partial charge is 0.465 e. The minimum Gasteiger partial charge on any atom is -0.465 e. The number of carbonyl (C=O) groups is 1. The molecule has 2 amide bonds. The predicted molar refractivity (Wildman–Crippen MR) is 93.9 cm³/mol. The molecule has 0 spiro atoms. The number of hydrogen-bond donors (Lipinski definition) is 3. The van der Waals surface area contributed by atoms with E-state index in [0.717, 1.165) is 24.6 Å². The fraction of sp³-hybridized carbons (Fsp3) is 0.722. The topological polar surface area (TPSA) is 77.7 Å². The molecule has 3 N–H and O–H groups in total. The molecule has 1 saturated heterocycles. The molecule has 6 nitrogen and oxygen atoms in total. The summed E-state index contributed by atoms with van der Waals surface area (Å²) in [6.07, 6.45) is 2.36. The van der Waals surface area contributed by atoms with Crippen molar-refractivity contribution in [3.05, 3.63) is 23.7 Å². The summed E-state index contributed by atoms with van der Waals surface area (Å²) in [6.45, 7) is 10.3. The van der Waals surface area contributed by atoms with E-state index in [0.29, 0.717) is 6.54 Å². The van der Waals surface area contributed by atoms with E-state index in [1.54, 1.807) is 6.92 Å². The average molecular weight is 337 g/mol. The third-order valence-corrected chi connectivity index (χ3v) is 4.98. The summed E-state index contributed by atoms with van der Waals surface area (Å²) in [6, 6.07) is 3.74. The van der Waals surface area contributed by atoms with Crippen molar-refractivity contribution in [2.45, 2.75) is 52.2 Å². The molecular formula is C18H31N3O3. The first kappa shape index (κ1) is 18.8. The Morgan fingerprint density at radius 1 is 1.33 bits per heavy atom. The van der Waals surface area contributed by atoms with Gasteiger partial charge in [0.25, 0.3) is 0 Å². The number of urea groups is 1. The van der Waals surface area contributed by atoms with Crippen LogP contribution in [-0.4, -0.2) is 47.8 Å². The van der Waals surface area contributed by atoms with Crippen molar-refractivity contribution in [3.63, 3.8) is 0 Å². The summed E-state index contributed by atoms with van der Waals surface area (Å²) in [7, 11) is 0. The van der Waals surface area contributed by atoms with Gasteiger partial charge in [-0.3, -0.25) is 4.90 Å². The SMILES string of the molecule is Cc1ccc(C(CNC(=O)NCC(C)(O)C(C)C)N2CCCC2)o1. The molecule has 24 heavy (non-hydrogen) atoms. The molecule has 0 aromatic carbocycles.